The van der Waals surface area contributed by atoms with Gasteiger partial charge in [-0.25, -0.2) is 4.39 Å². The molecule has 1 aromatic carbocycles. The number of halogens is 2. The number of aliphatic hydroxyl groups is 1. The van der Waals surface area contributed by atoms with E-state index in [0.717, 1.165) is 51.7 Å². The number of aliphatic hydroxyl groups excluding tert-OH is 1. The van der Waals surface area contributed by atoms with Crippen LogP contribution in [0.25, 0.3) is 10.9 Å². The summed E-state index contributed by atoms with van der Waals surface area (Å²) < 4.78 is 20.9. The van der Waals surface area contributed by atoms with Crippen LogP contribution in [0, 0.1) is 5.41 Å². The molecule has 35 heavy (non-hydrogen) atoms. The van der Waals surface area contributed by atoms with Crippen molar-refractivity contribution in [2.75, 3.05) is 33.4 Å². The molecule has 1 N–H and O–H groups in total. The molecule has 3 heterocycles. The van der Waals surface area contributed by atoms with E-state index < -0.39 is 6.17 Å². The topological polar surface area (TPSA) is 58.5 Å². The van der Waals surface area contributed by atoms with Gasteiger partial charge in [0, 0.05) is 36.1 Å². The molecule has 0 radical (unpaired) electrons. The van der Waals surface area contributed by atoms with Gasteiger partial charge in [-0.15, -0.1) is 0 Å². The number of aromatic nitrogens is 2. The van der Waals surface area contributed by atoms with Gasteiger partial charge in [0.1, 0.15) is 11.9 Å². The van der Waals surface area contributed by atoms with E-state index in [2.05, 4.69) is 27.0 Å². The zero-order valence-corrected chi connectivity index (χ0v) is 21.2. The average Bonchev–Trinajstić information content (AvgIpc) is 2.90. The number of methoxy groups -OCH3 is 1. The van der Waals surface area contributed by atoms with Crippen LogP contribution >= 0.6 is 11.6 Å². The second-order valence-electron chi connectivity index (χ2n) is 9.72. The molecule has 0 saturated carbocycles. The van der Waals surface area contributed by atoms with Crippen molar-refractivity contribution in [3.63, 3.8) is 0 Å². The standard InChI is InChI=1S/C28H35ClFN3O2/c1-35-22-5-6-26-23(18-22)27(24(29)19-32-26)25(30)7-10-28(20-34)11-16-33(17-12-28)15-3-2-4-21-8-13-31-14-9-21/h5-6,8-9,13-14,18-19,25,34H,2-4,7,10-12,15-17,20H2,1H3/t25-/m1/s1. The SMILES string of the molecule is COc1ccc2ncc(Cl)c([C@H](F)CCC3(CO)CCN(CCCCc4ccncc4)CC3)c2c1. The number of aryl methyl sites for hydroxylation is 1. The Kier molecular flexibility index (Phi) is 8.93. The van der Waals surface area contributed by atoms with Crippen LogP contribution in [0.2, 0.25) is 5.02 Å². The molecule has 4 rings (SSSR count). The number of nitrogens with zero attached hydrogens (tertiary/aromatic N) is 3. The lowest BCUT2D eigenvalue weighted by atomic mass is 9.74. The first kappa shape index (κ1) is 25.8. The Morgan fingerprint density at radius 2 is 1.94 bits per heavy atom. The normalized spacial score (nSPS) is 16.9. The summed E-state index contributed by atoms with van der Waals surface area (Å²) in [5.74, 6) is 0.648. The third kappa shape index (κ3) is 6.49. The van der Waals surface area contributed by atoms with Gasteiger partial charge in [0.2, 0.25) is 0 Å². The van der Waals surface area contributed by atoms with Gasteiger partial charge in [-0.2, -0.15) is 0 Å². The Bertz CT molecular complexity index is 1090. The van der Waals surface area contributed by atoms with E-state index >= 15 is 4.39 Å². The van der Waals surface area contributed by atoms with E-state index in [1.165, 1.54) is 11.8 Å². The summed E-state index contributed by atoms with van der Waals surface area (Å²) in [7, 11) is 1.59. The highest BCUT2D eigenvalue weighted by molar-refractivity contribution is 6.32. The Labute approximate surface area is 212 Å². The Hall–Kier alpha value is -2.28. The number of alkyl halides is 1. The number of fused-ring (bicyclic) bond motifs is 1. The van der Waals surface area contributed by atoms with Crippen LogP contribution in [0.4, 0.5) is 4.39 Å². The predicted octanol–water partition coefficient (Wildman–Crippen LogP) is 6.18. The first-order valence-electron chi connectivity index (χ1n) is 12.5. The molecule has 0 spiro atoms. The third-order valence-corrected chi connectivity index (χ3v) is 7.80. The van der Waals surface area contributed by atoms with Crippen molar-refractivity contribution >= 4 is 22.5 Å². The number of hydrogen-bond acceptors (Lipinski definition) is 5. The summed E-state index contributed by atoms with van der Waals surface area (Å²) in [5, 5.41) is 11.3. The number of likely N-dealkylation sites (tertiary alicyclic amines) is 1. The first-order chi connectivity index (χ1) is 17.0. The molecule has 0 bridgehead atoms. The molecule has 5 nitrogen and oxygen atoms in total. The zero-order valence-electron chi connectivity index (χ0n) is 20.4. The van der Waals surface area contributed by atoms with Crippen molar-refractivity contribution in [1.82, 2.24) is 14.9 Å². The smallest absolute Gasteiger partial charge is 0.127 e. The van der Waals surface area contributed by atoms with Crippen molar-refractivity contribution < 1.29 is 14.2 Å². The summed E-state index contributed by atoms with van der Waals surface area (Å²) >= 11 is 6.40. The molecule has 1 aliphatic rings. The van der Waals surface area contributed by atoms with Crippen molar-refractivity contribution in [3.05, 3.63) is 65.1 Å². The van der Waals surface area contributed by atoms with E-state index in [4.69, 9.17) is 16.3 Å². The van der Waals surface area contributed by atoms with Gasteiger partial charge in [0.15, 0.2) is 0 Å². The predicted molar refractivity (Wildman–Crippen MR) is 139 cm³/mol. The van der Waals surface area contributed by atoms with Gasteiger partial charge in [-0.3, -0.25) is 9.97 Å². The third-order valence-electron chi connectivity index (χ3n) is 7.50. The lowest BCUT2D eigenvalue weighted by molar-refractivity contribution is 0.0298. The maximum absolute atomic E-state index is 15.6. The number of ether oxygens (including phenoxy) is 1. The lowest BCUT2D eigenvalue weighted by Gasteiger charge is -2.41. The highest BCUT2D eigenvalue weighted by Crippen LogP contribution is 2.41. The fourth-order valence-corrected chi connectivity index (χ4v) is 5.41. The van der Waals surface area contributed by atoms with Crippen LogP contribution in [-0.2, 0) is 6.42 Å². The van der Waals surface area contributed by atoms with Gasteiger partial charge in [-0.05, 0) is 106 Å². The molecule has 2 aromatic heterocycles. The van der Waals surface area contributed by atoms with E-state index in [9.17, 15) is 5.11 Å². The minimum Gasteiger partial charge on any atom is -0.497 e. The Morgan fingerprint density at radius 3 is 2.66 bits per heavy atom. The van der Waals surface area contributed by atoms with E-state index in [1.54, 1.807) is 13.2 Å². The minimum absolute atomic E-state index is 0.0915. The number of piperidine rings is 1. The quantitative estimate of drug-likeness (QED) is 0.319. The van der Waals surface area contributed by atoms with Crippen molar-refractivity contribution in [3.8, 4) is 5.75 Å². The second kappa shape index (κ2) is 12.1. The van der Waals surface area contributed by atoms with Gasteiger partial charge in [0.25, 0.3) is 0 Å². The van der Waals surface area contributed by atoms with E-state index in [0.29, 0.717) is 40.1 Å². The highest BCUT2D eigenvalue weighted by Gasteiger charge is 2.35. The molecule has 188 valence electrons. The molecule has 7 heteroatoms. The van der Waals surface area contributed by atoms with Crippen LogP contribution in [-0.4, -0.2) is 53.3 Å². The van der Waals surface area contributed by atoms with Gasteiger partial charge in [-0.1, -0.05) is 11.6 Å². The minimum atomic E-state index is -1.23. The lowest BCUT2D eigenvalue weighted by Crippen LogP contribution is -2.42. The van der Waals surface area contributed by atoms with Crippen molar-refractivity contribution in [2.45, 2.75) is 51.1 Å². The van der Waals surface area contributed by atoms with Gasteiger partial charge in [0.05, 0.1) is 17.6 Å². The maximum Gasteiger partial charge on any atom is 0.127 e. The van der Waals surface area contributed by atoms with Gasteiger partial charge < -0.3 is 14.7 Å². The maximum atomic E-state index is 15.6. The molecule has 1 atom stereocenters. The summed E-state index contributed by atoms with van der Waals surface area (Å²) in [4.78, 5) is 10.9. The summed E-state index contributed by atoms with van der Waals surface area (Å²) in [6.07, 6.45) is 10.1. The number of unbranched alkanes of at least 4 members (excludes halogenated alkanes) is 1. The monoisotopic (exact) mass is 499 g/mol. The number of pyridine rings is 2. The van der Waals surface area contributed by atoms with Crippen LogP contribution < -0.4 is 4.74 Å². The summed E-state index contributed by atoms with van der Waals surface area (Å²) in [6, 6.07) is 9.59. The van der Waals surface area contributed by atoms with E-state index in [1.807, 2.05) is 24.5 Å². The van der Waals surface area contributed by atoms with Crippen LogP contribution in [0.3, 0.4) is 0 Å². The van der Waals surface area contributed by atoms with Crippen LogP contribution in [0.15, 0.2) is 48.9 Å². The molecule has 0 amide bonds. The fraction of sp³-hybridized carbons (Fsp3) is 0.500. The average molecular weight is 500 g/mol. The highest BCUT2D eigenvalue weighted by atomic mass is 35.5. The van der Waals surface area contributed by atoms with Crippen molar-refractivity contribution in [1.29, 1.82) is 0 Å². The van der Waals surface area contributed by atoms with E-state index in [-0.39, 0.29) is 12.0 Å². The van der Waals surface area contributed by atoms with Crippen LogP contribution in [0.1, 0.15) is 55.8 Å². The Balaban J connectivity index is 1.30. The molecular weight excluding hydrogens is 465 g/mol. The fourth-order valence-electron chi connectivity index (χ4n) is 5.14. The molecule has 1 fully saturated rings. The second-order valence-corrected chi connectivity index (χ2v) is 10.1. The number of hydrogen-bond donors (Lipinski definition) is 1. The molecule has 0 aliphatic carbocycles. The molecule has 0 unspecified atom stereocenters. The Morgan fingerprint density at radius 1 is 1.17 bits per heavy atom. The summed E-state index contributed by atoms with van der Waals surface area (Å²) in [5.41, 5.74) is 2.27. The van der Waals surface area contributed by atoms with Crippen molar-refractivity contribution in [2.24, 2.45) is 5.41 Å². The molecule has 3 aromatic rings. The van der Waals surface area contributed by atoms with Gasteiger partial charge >= 0.3 is 0 Å². The molecule has 1 saturated heterocycles. The molecule has 1 aliphatic heterocycles. The largest absolute Gasteiger partial charge is 0.497 e. The molecular formula is C28H35ClFN3O2. The first-order valence-corrected chi connectivity index (χ1v) is 12.9. The number of rotatable bonds is 11. The summed E-state index contributed by atoms with van der Waals surface area (Å²) in [6.45, 7) is 3.05. The zero-order chi connectivity index (χ0) is 24.7. The van der Waals surface area contributed by atoms with Crippen LogP contribution in [0.5, 0.6) is 5.75 Å². The number of benzene rings is 1.